The topological polar surface area (TPSA) is 9.23 Å². The van der Waals surface area contributed by atoms with Gasteiger partial charge in [0.25, 0.3) is 0 Å². The summed E-state index contributed by atoms with van der Waals surface area (Å²) in [5.41, 5.74) is 0. The highest BCUT2D eigenvalue weighted by Gasteiger charge is 2.37. The molecule has 1 saturated carbocycles. The van der Waals surface area contributed by atoms with E-state index in [4.69, 9.17) is 4.74 Å². The Kier molecular flexibility index (Phi) is 2.01. The summed E-state index contributed by atoms with van der Waals surface area (Å²) in [4.78, 5) is 0. The quantitative estimate of drug-likeness (QED) is 0.597. The number of rotatable bonds is 1. The molecule has 58 valence electrons. The zero-order chi connectivity index (χ0) is 6.97. The monoisotopic (exact) mass is 204 g/mol. The minimum Gasteiger partial charge on any atom is -0.374 e. The Morgan fingerprint density at radius 3 is 3.00 bits per heavy atom. The van der Waals surface area contributed by atoms with Crippen LogP contribution in [-0.2, 0) is 4.74 Å². The van der Waals surface area contributed by atoms with Gasteiger partial charge in [-0.05, 0) is 25.2 Å². The van der Waals surface area contributed by atoms with Gasteiger partial charge in [-0.3, -0.25) is 0 Å². The highest BCUT2D eigenvalue weighted by molar-refractivity contribution is 9.09. The van der Waals surface area contributed by atoms with Crippen molar-refractivity contribution < 1.29 is 4.74 Å². The van der Waals surface area contributed by atoms with Crippen molar-refractivity contribution >= 4 is 15.9 Å². The van der Waals surface area contributed by atoms with Crippen LogP contribution in [0.25, 0.3) is 0 Å². The van der Waals surface area contributed by atoms with E-state index in [0.29, 0.717) is 12.2 Å². The molecule has 1 nitrogen and oxygen atoms in total. The number of hydrogen-bond acceptors (Lipinski definition) is 1. The lowest BCUT2D eigenvalue weighted by Gasteiger charge is -2.07. The van der Waals surface area contributed by atoms with Crippen LogP contribution in [0.15, 0.2) is 0 Å². The summed E-state index contributed by atoms with van der Waals surface area (Å²) in [6.45, 7) is 0. The number of hydrogen-bond donors (Lipinski definition) is 0. The van der Waals surface area contributed by atoms with E-state index in [0.717, 1.165) is 11.2 Å². The lowest BCUT2D eigenvalue weighted by Crippen LogP contribution is -2.10. The van der Waals surface area contributed by atoms with Crippen molar-refractivity contribution in [3.63, 3.8) is 0 Å². The third kappa shape index (κ3) is 1.12. The third-order valence-electron chi connectivity index (χ3n) is 2.69. The molecular formula is C8H13BrO. The van der Waals surface area contributed by atoms with Gasteiger partial charge in [-0.2, -0.15) is 0 Å². The van der Waals surface area contributed by atoms with Crippen LogP contribution in [0, 0.1) is 5.92 Å². The summed E-state index contributed by atoms with van der Waals surface area (Å²) >= 11 is 3.46. The van der Waals surface area contributed by atoms with Gasteiger partial charge in [0.15, 0.2) is 0 Å². The predicted octanol–water partition coefficient (Wildman–Crippen LogP) is 2.34. The minimum atomic E-state index is 0.523. The molecule has 2 fully saturated rings. The number of fused-ring (bicyclic) bond motifs is 1. The van der Waals surface area contributed by atoms with Crippen LogP contribution < -0.4 is 0 Å². The lowest BCUT2D eigenvalue weighted by molar-refractivity contribution is 0.0543. The van der Waals surface area contributed by atoms with Crippen LogP contribution in [0.2, 0.25) is 0 Å². The predicted molar refractivity (Wildman–Crippen MR) is 44.4 cm³/mol. The zero-order valence-corrected chi connectivity index (χ0v) is 7.64. The average molecular weight is 205 g/mol. The molecule has 1 aliphatic carbocycles. The van der Waals surface area contributed by atoms with Gasteiger partial charge in [0.2, 0.25) is 0 Å². The Morgan fingerprint density at radius 1 is 1.40 bits per heavy atom. The molecule has 3 atom stereocenters. The number of ether oxygens (including phenoxy) is 1. The molecule has 1 unspecified atom stereocenters. The van der Waals surface area contributed by atoms with E-state index in [2.05, 4.69) is 15.9 Å². The van der Waals surface area contributed by atoms with E-state index in [9.17, 15) is 0 Å². The molecule has 0 aromatic heterocycles. The van der Waals surface area contributed by atoms with Crippen molar-refractivity contribution in [2.45, 2.75) is 37.9 Å². The van der Waals surface area contributed by atoms with Gasteiger partial charge in [0, 0.05) is 5.33 Å². The first-order chi connectivity index (χ1) is 4.90. The number of alkyl halides is 1. The van der Waals surface area contributed by atoms with Gasteiger partial charge in [-0.25, -0.2) is 0 Å². The largest absolute Gasteiger partial charge is 0.374 e. The van der Waals surface area contributed by atoms with E-state index in [1.165, 1.54) is 25.7 Å². The molecule has 1 saturated heterocycles. The molecule has 1 heterocycles. The van der Waals surface area contributed by atoms with Crippen molar-refractivity contribution in [2.24, 2.45) is 5.92 Å². The Morgan fingerprint density at radius 2 is 2.30 bits per heavy atom. The zero-order valence-electron chi connectivity index (χ0n) is 6.05. The van der Waals surface area contributed by atoms with Gasteiger partial charge in [-0.15, -0.1) is 0 Å². The first-order valence-corrected chi connectivity index (χ1v) is 5.23. The normalized spacial score (nSPS) is 45.9. The van der Waals surface area contributed by atoms with E-state index >= 15 is 0 Å². The Balaban J connectivity index is 1.94. The van der Waals surface area contributed by atoms with Crippen LogP contribution in [0.4, 0.5) is 0 Å². The fourth-order valence-corrected chi connectivity index (χ4v) is 2.61. The van der Waals surface area contributed by atoms with Gasteiger partial charge < -0.3 is 4.74 Å². The second-order valence-corrected chi connectivity index (χ2v) is 4.03. The van der Waals surface area contributed by atoms with E-state index < -0.39 is 0 Å². The molecule has 0 aromatic carbocycles. The minimum absolute atomic E-state index is 0.523. The van der Waals surface area contributed by atoms with Crippen molar-refractivity contribution in [2.75, 3.05) is 5.33 Å². The van der Waals surface area contributed by atoms with E-state index in [1.54, 1.807) is 0 Å². The van der Waals surface area contributed by atoms with Crippen molar-refractivity contribution in [3.8, 4) is 0 Å². The average Bonchev–Trinajstić information content (AvgIpc) is 2.42. The molecular weight excluding hydrogens is 192 g/mol. The van der Waals surface area contributed by atoms with Gasteiger partial charge in [0.05, 0.1) is 12.2 Å². The molecule has 1 aliphatic heterocycles. The molecule has 0 aromatic rings. The standard InChI is InChI=1S/C8H13BrO/c9-5-7-4-6-2-1-3-8(6)10-7/h6-8H,1-5H2/t6-,7?,8-/m0/s1. The maximum absolute atomic E-state index is 5.79. The second-order valence-electron chi connectivity index (χ2n) is 3.38. The molecule has 10 heavy (non-hydrogen) atoms. The molecule has 0 spiro atoms. The van der Waals surface area contributed by atoms with Crippen LogP contribution in [-0.4, -0.2) is 17.5 Å². The fraction of sp³-hybridized carbons (Fsp3) is 1.00. The van der Waals surface area contributed by atoms with Crippen LogP contribution in [0.1, 0.15) is 25.7 Å². The van der Waals surface area contributed by atoms with Crippen molar-refractivity contribution in [1.82, 2.24) is 0 Å². The van der Waals surface area contributed by atoms with Crippen LogP contribution in [0.5, 0.6) is 0 Å². The van der Waals surface area contributed by atoms with Gasteiger partial charge in [0.1, 0.15) is 0 Å². The smallest absolute Gasteiger partial charge is 0.0679 e. The molecule has 0 radical (unpaired) electrons. The molecule has 0 N–H and O–H groups in total. The Bertz CT molecular complexity index is 114. The molecule has 2 heteroatoms. The molecule has 0 bridgehead atoms. The van der Waals surface area contributed by atoms with Gasteiger partial charge >= 0.3 is 0 Å². The Hall–Kier alpha value is 0.440. The maximum atomic E-state index is 5.79. The second kappa shape index (κ2) is 2.82. The summed E-state index contributed by atoms with van der Waals surface area (Å²) in [5.74, 6) is 0.905. The van der Waals surface area contributed by atoms with E-state index in [1.807, 2.05) is 0 Å². The Labute approximate surface area is 70.3 Å². The van der Waals surface area contributed by atoms with Crippen LogP contribution >= 0.6 is 15.9 Å². The summed E-state index contributed by atoms with van der Waals surface area (Å²) in [5, 5.41) is 1.03. The molecule has 2 rings (SSSR count). The van der Waals surface area contributed by atoms with Crippen molar-refractivity contribution in [3.05, 3.63) is 0 Å². The maximum Gasteiger partial charge on any atom is 0.0679 e. The van der Waals surface area contributed by atoms with Crippen LogP contribution in [0.3, 0.4) is 0 Å². The SMILES string of the molecule is BrCC1C[C@@H]2CCC[C@@H]2O1. The highest BCUT2D eigenvalue weighted by atomic mass is 79.9. The molecule has 2 aliphatic rings. The summed E-state index contributed by atoms with van der Waals surface area (Å²) < 4.78 is 5.79. The first kappa shape index (κ1) is 7.11. The van der Waals surface area contributed by atoms with Gasteiger partial charge in [-0.1, -0.05) is 22.4 Å². The fourth-order valence-electron chi connectivity index (χ4n) is 2.19. The first-order valence-electron chi connectivity index (χ1n) is 4.11. The summed E-state index contributed by atoms with van der Waals surface area (Å²) in [6.07, 6.45) is 6.57. The van der Waals surface area contributed by atoms with E-state index in [-0.39, 0.29) is 0 Å². The van der Waals surface area contributed by atoms with Crippen molar-refractivity contribution in [1.29, 1.82) is 0 Å². The lowest BCUT2D eigenvalue weighted by atomic mass is 10.0. The summed E-state index contributed by atoms with van der Waals surface area (Å²) in [7, 11) is 0. The third-order valence-corrected chi connectivity index (χ3v) is 3.42. The number of halogens is 1. The molecule has 0 amide bonds. The summed E-state index contributed by atoms with van der Waals surface area (Å²) in [6, 6.07) is 0. The highest BCUT2D eigenvalue weighted by Crippen LogP contribution is 2.39.